The van der Waals surface area contributed by atoms with Crippen LogP contribution in [0.3, 0.4) is 0 Å². The summed E-state index contributed by atoms with van der Waals surface area (Å²) < 4.78 is 12.8. The summed E-state index contributed by atoms with van der Waals surface area (Å²) in [6, 6.07) is 31.8. The second kappa shape index (κ2) is 9.49. The summed E-state index contributed by atoms with van der Waals surface area (Å²) in [4.78, 5) is 12.9. The number of carbonyl (C=O) groups is 1. The van der Waals surface area contributed by atoms with Crippen molar-refractivity contribution in [3.05, 3.63) is 119 Å². The smallest absolute Gasteiger partial charge is 0.193 e. The van der Waals surface area contributed by atoms with Crippen LogP contribution in [0.25, 0.3) is 21.9 Å². The van der Waals surface area contributed by atoms with Gasteiger partial charge in [0.15, 0.2) is 5.78 Å². The Morgan fingerprint density at radius 3 is 2.54 bits per heavy atom. The molecule has 1 N–H and O–H groups in total. The highest BCUT2D eigenvalue weighted by molar-refractivity contribution is 6.09. The van der Waals surface area contributed by atoms with Crippen LogP contribution in [0, 0.1) is 0 Å². The van der Waals surface area contributed by atoms with Crippen molar-refractivity contribution in [3.8, 4) is 0 Å². The SMILES string of the molecule is O=C(c1ccccc1)c1cccc(COC2CNCCC2c2cccc3c2oc2ccccc23)c1. The third-order valence-electron chi connectivity index (χ3n) is 6.95. The second-order valence-electron chi connectivity index (χ2n) is 9.17. The number of hydrogen-bond acceptors (Lipinski definition) is 4. The van der Waals surface area contributed by atoms with E-state index in [-0.39, 0.29) is 17.8 Å². The van der Waals surface area contributed by atoms with Crippen molar-refractivity contribution in [1.82, 2.24) is 5.32 Å². The summed E-state index contributed by atoms with van der Waals surface area (Å²) in [6.07, 6.45) is 0.990. The number of para-hydroxylation sites is 2. The first-order chi connectivity index (χ1) is 17.3. The summed E-state index contributed by atoms with van der Waals surface area (Å²) in [5.41, 5.74) is 5.46. The van der Waals surface area contributed by atoms with E-state index in [1.165, 1.54) is 5.56 Å². The molecule has 174 valence electrons. The van der Waals surface area contributed by atoms with Crippen molar-refractivity contribution >= 4 is 27.7 Å². The lowest BCUT2D eigenvalue weighted by Crippen LogP contribution is -2.41. The van der Waals surface area contributed by atoms with E-state index >= 15 is 0 Å². The number of carbonyl (C=O) groups excluding carboxylic acids is 1. The van der Waals surface area contributed by atoms with Crippen LogP contribution >= 0.6 is 0 Å². The standard InChI is InChI=1S/C31H27NO3/c33-30(22-9-2-1-3-10-22)23-11-6-8-21(18-23)20-34-29-19-32-17-16-25(29)27-14-7-13-26-24-12-4-5-15-28(24)35-31(26)27/h1-15,18,25,29,32H,16-17,19-20H2. The molecule has 2 unspecified atom stereocenters. The highest BCUT2D eigenvalue weighted by Crippen LogP contribution is 2.37. The number of rotatable bonds is 6. The molecule has 4 heteroatoms. The monoisotopic (exact) mass is 461 g/mol. The van der Waals surface area contributed by atoms with E-state index in [1.807, 2.05) is 66.7 Å². The molecular formula is C31H27NO3. The largest absolute Gasteiger partial charge is 0.456 e. The minimum atomic E-state index is 0.0102. The lowest BCUT2D eigenvalue weighted by Gasteiger charge is -2.32. The van der Waals surface area contributed by atoms with Gasteiger partial charge >= 0.3 is 0 Å². The molecule has 0 spiro atoms. The Labute approximate surface area is 204 Å². The highest BCUT2D eigenvalue weighted by atomic mass is 16.5. The third kappa shape index (κ3) is 4.27. The van der Waals surface area contributed by atoms with Gasteiger partial charge in [0.2, 0.25) is 0 Å². The van der Waals surface area contributed by atoms with Crippen LogP contribution < -0.4 is 5.32 Å². The van der Waals surface area contributed by atoms with E-state index < -0.39 is 0 Å². The predicted molar refractivity (Wildman–Crippen MR) is 139 cm³/mol. The molecule has 1 aliphatic rings. The third-order valence-corrected chi connectivity index (χ3v) is 6.95. The topological polar surface area (TPSA) is 51.5 Å². The lowest BCUT2D eigenvalue weighted by molar-refractivity contribution is 0.0107. The molecular weight excluding hydrogens is 434 g/mol. The Morgan fingerprint density at radius 2 is 1.63 bits per heavy atom. The zero-order valence-electron chi connectivity index (χ0n) is 19.4. The molecule has 6 rings (SSSR count). The fraction of sp³-hybridized carbons (Fsp3) is 0.194. The Hall–Kier alpha value is -3.73. The second-order valence-corrected chi connectivity index (χ2v) is 9.17. The van der Waals surface area contributed by atoms with Gasteiger partial charge in [0.05, 0.1) is 12.7 Å². The average molecular weight is 462 g/mol. The van der Waals surface area contributed by atoms with Gasteiger partial charge in [-0.3, -0.25) is 4.79 Å². The molecule has 1 aliphatic heterocycles. The summed E-state index contributed by atoms with van der Waals surface area (Å²) in [6.45, 7) is 2.18. The minimum Gasteiger partial charge on any atom is -0.456 e. The molecule has 0 radical (unpaired) electrons. The Balaban J connectivity index is 1.24. The predicted octanol–water partition coefficient (Wildman–Crippen LogP) is 6.48. The van der Waals surface area contributed by atoms with E-state index in [0.717, 1.165) is 47.0 Å². The van der Waals surface area contributed by atoms with Gasteiger partial charge in [-0.1, -0.05) is 84.9 Å². The van der Waals surface area contributed by atoms with Crippen molar-refractivity contribution in [2.24, 2.45) is 0 Å². The summed E-state index contributed by atoms with van der Waals surface area (Å²) >= 11 is 0. The van der Waals surface area contributed by atoms with E-state index in [9.17, 15) is 4.79 Å². The quantitative estimate of drug-likeness (QED) is 0.294. The Morgan fingerprint density at radius 1 is 0.857 bits per heavy atom. The van der Waals surface area contributed by atoms with Gasteiger partial charge in [0.1, 0.15) is 11.2 Å². The van der Waals surface area contributed by atoms with Gasteiger partial charge in [-0.05, 0) is 30.7 Å². The van der Waals surface area contributed by atoms with Crippen LogP contribution in [0.4, 0.5) is 0 Å². The fourth-order valence-corrected chi connectivity index (χ4v) is 5.18. The van der Waals surface area contributed by atoms with Crippen molar-refractivity contribution in [2.45, 2.75) is 25.0 Å². The number of piperidine rings is 1. The molecule has 4 nitrogen and oxygen atoms in total. The lowest BCUT2D eigenvalue weighted by atomic mass is 9.86. The first-order valence-corrected chi connectivity index (χ1v) is 12.2. The molecule has 4 aromatic carbocycles. The number of fused-ring (bicyclic) bond motifs is 3. The zero-order valence-corrected chi connectivity index (χ0v) is 19.4. The molecule has 0 saturated carbocycles. The maximum absolute atomic E-state index is 12.9. The molecule has 0 aliphatic carbocycles. The van der Waals surface area contributed by atoms with Crippen molar-refractivity contribution in [2.75, 3.05) is 13.1 Å². The molecule has 1 aromatic heterocycles. The van der Waals surface area contributed by atoms with Crippen LogP contribution in [0.2, 0.25) is 0 Å². The summed E-state index contributed by atoms with van der Waals surface area (Å²) in [7, 11) is 0. The normalized spacial score (nSPS) is 18.2. The molecule has 1 saturated heterocycles. The van der Waals surface area contributed by atoms with E-state index in [4.69, 9.17) is 9.15 Å². The van der Waals surface area contributed by atoms with Crippen molar-refractivity contribution in [3.63, 3.8) is 0 Å². The summed E-state index contributed by atoms with van der Waals surface area (Å²) in [5, 5.41) is 5.79. The molecule has 1 fully saturated rings. The number of furan rings is 1. The molecule has 0 bridgehead atoms. The first-order valence-electron chi connectivity index (χ1n) is 12.2. The maximum atomic E-state index is 12.9. The minimum absolute atomic E-state index is 0.0102. The van der Waals surface area contributed by atoms with E-state index in [2.05, 4.69) is 35.6 Å². The number of benzene rings is 4. The van der Waals surface area contributed by atoms with Gasteiger partial charge < -0.3 is 14.5 Å². The average Bonchev–Trinajstić information content (AvgIpc) is 3.31. The molecule has 5 aromatic rings. The molecule has 2 heterocycles. The zero-order chi connectivity index (χ0) is 23.6. The van der Waals surface area contributed by atoms with E-state index in [0.29, 0.717) is 17.7 Å². The fourth-order valence-electron chi connectivity index (χ4n) is 5.18. The maximum Gasteiger partial charge on any atom is 0.193 e. The van der Waals surface area contributed by atoms with Crippen LogP contribution in [-0.2, 0) is 11.3 Å². The molecule has 35 heavy (non-hydrogen) atoms. The van der Waals surface area contributed by atoms with Crippen molar-refractivity contribution < 1.29 is 13.9 Å². The first kappa shape index (κ1) is 21.8. The van der Waals surface area contributed by atoms with Crippen molar-refractivity contribution in [1.29, 1.82) is 0 Å². The van der Waals surface area contributed by atoms with Crippen LogP contribution in [0.5, 0.6) is 0 Å². The van der Waals surface area contributed by atoms with Gasteiger partial charge in [-0.15, -0.1) is 0 Å². The van der Waals surface area contributed by atoms with Crippen LogP contribution in [0.15, 0.2) is 101 Å². The Bertz CT molecular complexity index is 1490. The van der Waals surface area contributed by atoms with Crippen LogP contribution in [0.1, 0.15) is 39.4 Å². The van der Waals surface area contributed by atoms with Gasteiger partial charge in [-0.25, -0.2) is 0 Å². The number of hydrogen-bond donors (Lipinski definition) is 1. The molecule has 2 atom stereocenters. The number of ether oxygens (including phenoxy) is 1. The van der Waals surface area contributed by atoms with Gasteiger partial charge in [0.25, 0.3) is 0 Å². The molecule has 0 amide bonds. The number of ketones is 1. The van der Waals surface area contributed by atoms with Gasteiger partial charge in [0, 0.05) is 39.9 Å². The summed E-state index contributed by atoms with van der Waals surface area (Å²) in [5.74, 6) is 0.260. The van der Waals surface area contributed by atoms with E-state index in [1.54, 1.807) is 0 Å². The van der Waals surface area contributed by atoms with Crippen LogP contribution in [-0.4, -0.2) is 25.0 Å². The number of nitrogens with one attached hydrogen (secondary N) is 1. The van der Waals surface area contributed by atoms with Gasteiger partial charge in [-0.2, -0.15) is 0 Å². The highest BCUT2D eigenvalue weighted by Gasteiger charge is 2.30. The Kier molecular flexibility index (Phi) is 5.91.